The van der Waals surface area contributed by atoms with E-state index in [1.807, 2.05) is 0 Å². The monoisotopic (exact) mass is 255 g/mol. The Labute approximate surface area is 102 Å². The first-order valence-corrected chi connectivity index (χ1v) is 5.11. The van der Waals surface area contributed by atoms with Crippen LogP contribution in [0.1, 0.15) is 16.9 Å². The second-order valence-electron chi connectivity index (χ2n) is 3.47. The molecule has 18 heavy (non-hydrogen) atoms. The van der Waals surface area contributed by atoms with Crippen LogP contribution in [0.4, 0.5) is 0 Å². The summed E-state index contributed by atoms with van der Waals surface area (Å²) in [6.45, 7) is 0.0441. The van der Waals surface area contributed by atoms with Gasteiger partial charge < -0.3 is 15.2 Å². The number of carboxylic acids is 1. The maximum atomic E-state index is 11.6. The van der Waals surface area contributed by atoms with Gasteiger partial charge in [-0.3, -0.25) is 14.4 Å². The Morgan fingerprint density at radius 1 is 1.56 bits per heavy atom. The standard InChI is InChI=1S/C10H13N3O5/c1-18-6(4-9(15)16)5-11-10(17)7-2-3-8(14)13-12-7/h2-3,6H,4-5H2,1H3,(H,11,17)(H,13,14)(H,15,16). The van der Waals surface area contributed by atoms with Crippen molar-refractivity contribution in [3.63, 3.8) is 0 Å². The molecule has 0 bridgehead atoms. The number of amides is 1. The Bertz CT molecular complexity index is 464. The SMILES string of the molecule is COC(CNC(=O)c1ccc(=O)[nH]n1)CC(=O)O. The zero-order valence-corrected chi connectivity index (χ0v) is 9.67. The lowest BCUT2D eigenvalue weighted by molar-refractivity contribution is -0.139. The Morgan fingerprint density at radius 2 is 2.28 bits per heavy atom. The van der Waals surface area contributed by atoms with Gasteiger partial charge in [-0.1, -0.05) is 0 Å². The Morgan fingerprint density at radius 3 is 2.78 bits per heavy atom. The van der Waals surface area contributed by atoms with Crippen molar-refractivity contribution >= 4 is 11.9 Å². The second-order valence-corrected chi connectivity index (χ2v) is 3.47. The van der Waals surface area contributed by atoms with Gasteiger partial charge in [0.15, 0.2) is 0 Å². The zero-order valence-electron chi connectivity index (χ0n) is 9.67. The highest BCUT2D eigenvalue weighted by Crippen LogP contribution is 1.96. The molecule has 0 aromatic carbocycles. The number of rotatable bonds is 6. The van der Waals surface area contributed by atoms with Gasteiger partial charge in [0.1, 0.15) is 5.69 Å². The molecule has 3 N–H and O–H groups in total. The van der Waals surface area contributed by atoms with Crippen LogP contribution in [0, 0.1) is 0 Å². The van der Waals surface area contributed by atoms with Crippen LogP contribution in [0.15, 0.2) is 16.9 Å². The highest BCUT2D eigenvalue weighted by Gasteiger charge is 2.14. The van der Waals surface area contributed by atoms with Gasteiger partial charge in [-0.25, -0.2) is 5.10 Å². The molecule has 0 aliphatic carbocycles. The van der Waals surface area contributed by atoms with E-state index in [0.29, 0.717) is 0 Å². The van der Waals surface area contributed by atoms with Crippen molar-refractivity contribution in [3.05, 3.63) is 28.2 Å². The molecule has 1 heterocycles. The molecule has 8 nitrogen and oxygen atoms in total. The first kappa shape index (κ1) is 13.8. The van der Waals surface area contributed by atoms with E-state index in [9.17, 15) is 14.4 Å². The normalized spacial score (nSPS) is 11.8. The average molecular weight is 255 g/mol. The van der Waals surface area contributed by atoms with Gasteiger partial charge in [-0.15, -0.1) is 0 Å². The minimum Gasteiger partial charge on any atom is -0.481 e. The van der Waals surface area contributed by atoms with Crippen LogP contribution in [0.25, 0.3) is 0 Å². The molecular formula is C10H13N3O5. The van der Waals surface area contributed by atoms with Crippen molar-refractivity contribution in [2.75, 3.05) is 13.7 Å². The number of aliphatic carboxylic acids is 1. The van der Waals surface area contributed by atoms with Crippen molar-refractivity contribution in [1.29, 1.82) is 0 Å². The summed E-state index contributed by atoms with van der Waals surface area (Å²) in [6.07, 6.45) is -0.829. The van der Waals surface area contributed by atoms with Gasteiger partial charge in [-0.2, -0.15) is 5.10 Å². The van der Waals surface area contributed by atoms with Crippen LogP contribution in [-0.4, -0.2) is 46.9 Å². The summed E-state index contributed by atoms with van der Waals surface area (Å²) in [5, 5.41) is 16.7. The third-order valence-electron chi connectivity index (χ3n) is 2.14. The maximum Gasteiger partial charge on any atom is 0.306 e. The van der Waals surface area contributed by atoms with Crippen molar-refractivity contribution in [2.45, 2.75) is 12.5 Å². The van der Waals surface area contributed by atoms with E-state index < -0.39 is 23.5 Å². The molecule has 0 aliphatic heterocycles. The lowest BCUT2D eigenvalue weighted by Crippen LogP contribution is -2.35. The van der Waals surface area contributed by atoms with Crippen LogP contribution < -0.4 is 10.9 Å². The van der Waals surface area contributed by atoms with Gasteiger partial charge in [0.2, 0.25) is 0 Å². The summed E-state index contributed by atoms with van der Waals surface area (Å²) < 4.78 is 4.89. The van der Waals surface area contributed by atoms with E-state index in [-0.39, 0.29) is 18.7 Å². The second kappa shape index (κ2) is 6.50. The summed E-state index contributed by atoms with van der Waals surface area (Å²) in [6, 6.07) is 2.44. The molecule has 1 amide bonds. The van der Waals surface area contributed by atoms with E-state index in [2.05, 4.69) is 15.5 Å². The molecule has 1 rings (SSSR count). The van der Waals surface area contributed by atoms with Gasteiger partial charge >= 0.3 is 5.97 Å². The number of nitrogens with zero attached hydrogens (tertiary/aromatic N) is 1. The third-order valence-corrected chi connectivity index (χ3v) is 2.14. The number of hydrogen-bond acceptors (Lipinski definition) is 5. The van der Waals surface area contributed by atoms with Crippen molar-refractivity contribution in [2.24, 2.45) is 0 Å². The number of hydrogen-bond donors (Lipinski definition) is 3. The van der Waals surface area contributed by atoms with E-state index in [1.54, 1.807) is 0 Å². The Balaban J connectivity index is 2.52. The van der Waals surface area contributed by atoms with Crippen LogP contribution in [-0.2, 0) is 9.53 Å². The van der Waals surface area contributed by atoms with Crippen molar-refractivity contribution < 1.29 is 19.4 Å². The van der Waals surface area contributed by atoms with E-state index >= 15 is 0 Å². The number of nitrogens with one attached hydrogen (secondary N) is 2. The molecule has 0 radical (unpaired) electrons. The molecule has 8 heteroatoms. The number of ether oxygens (including phenoxy) is 1. The number of carboxylic acid groups (broad SMARTS) is 1. The third kappa shape index (κ3) is 4.34. The lowest BCUT2D eigenvalue weighted by Gasteiger charge is -2.13. The zero-order chi connectivity index (χ0) is 13.5. The number of aromatic amines is 1. The predicted molar refractivity (Wildman–Crippen MR) is 60.2 cm³/mol. The quantitative estimate of drug-likeness (QED) is 0.598. The van der Waals surface area contributed by atoms with E-state index in [4.69, 9.17) is 9.84 Å². The largest absolute Gasteiger partial charge is 0.481 e. The molecule has 1 atom stereocenters. The van der Waals surface area contributed by atoms with Crippen LogP contribution in [0.3, 0.4) is 0 Å². The van der Waals surface area contributed by atoms with Crippen LogP contribution in [0.5, 0.6) is 0 Å². The molecule has 0 fully saturated rings. The number of methoxy groups -OCH3 is 1. The molecule has 0 saturated carbocycles. The summed E-state index contributed by atoms with van der Waals surface area (Å²) in [5.41, 5.74) is -0.369. The van der Waals surface area contributed by atoms with Crippen LogP contribution >= 0.6 is 0 Å². The number of carbonyl (C=O) groups excluding carboxylic acids is 1. The first-order chi connectivity index (χ1) is 8.52. The highest BCUT2D eigenvalue weighted by atomic mass is 16.5. The fraction of sp³-hybridized carbons (Fsp3) is 0.400. The minimum atomic E-state index is -1.02. The summed E-state index contributed by atoms with van der Waals surface area (Å²) >= 11 is 0. The summed E-state index contributed by atoms with van der Waals surface area (Å²) in [7, 11) is 1.36. The molecule has 0 saturated heterocycles. The maximum absolute atomic E-state index is 11.6. The van der Waals surface area contributed by atoms with Crippen LogP contribution in [0.2, 0.25) is 0 Å². The smallest absolute Gasteiger partial charge is 0.306 e. The summed E-state index contributed by atoms with van der Waals surface area (Å²) in [5.74, 6) is -1.53. The van der Waals surface area contributed by atoms with Gasteiger partial charge in [-0.05, 0) is 6.07 Å². The molecule has 0 spiro atoms. The molecule has 98 valence electrons. The van der Waals surface area contributed by atoms with E-state index in [1.165, 1.54) is 19.2 Å². The predicted octanol–water partition coefficient (Wildman–Crippen LogP) is -1.01. The Hall–Kier alpha value is -2.22. The molecular weight excluding hydrogens is 242 g/mol. The van der Waals surface area contributed by atoms with E-state index in [0.717, 1.165) is 0 Å². The van der Waals surface area contributed by atoms with Crippen molar-refractivity contribution in [3.8, 4) is 0 Å². The molecule has 1 aromatic heterocycles. The highest BCUT2D eigenvalue weighted by molar-refractivity contribution is 5.92. The van der Waals surface area contributed by atoms with Gasteiger partial charge in [0.25, 0.3) is 11.5 Å². The topological polar surface area (TPSA) is 121 Å². The van der Waals surface area contributed by atoms with Gasteiger partial charge in [0, 0.05) is 19.7 Å². The first-order valence-electron chi connectivity index (χ1n) is 5.11. The fourth-order valence-corrected chi connectivity index (χ4v) is 1.20. The lowest BCUT2D eigenvalue weighted by atomic mass is 10.2. The molecule has 0 aliphatic rings. The Kier molecular flexibility index (Phi) is 5.00. The molecule has 1 unspecified atom stereocenters. The molecule has 1 aromatic rings. The minimum absolute atomic E-state index is 0.0415. The summed E-state index contributed by atoms with van der Waals surface area (Å²) in [4.78, 5) is 32.8. The average Bonchev–Trinajstić information content (AvgIpc) is 2.34. The fourth-order valence-electron chi connectivity index (χ4n) is 1.20. The van der Waals surface area contributed by atoms with Crippen molar-refractivity contribution in [1.82, 2.24) is 15.5 Å². The number of carbonyl (C=O) groups is 2. The number of aromatic nitrogens is 2. The van der Waals surface area contributed by atoms with Gasteiger partial charge in [0.05, 0.1) is 12.5 Å². The number of H-pyrrole nitrogens is 1.